The minimum absolute atomic E-state index is 0. The summed E-state index contributed by atoms with van der Waals surface area (Å²) in [4.78, 5) is 0. The Labute approximate surface area is 135 Å². The van der Waals surface area contributed by atoms with Gasteiger partial charge in [-0.3, -0.25) is 0 Å². The Kier molecular flexibility index (Phi) is 4.86. The first-order valence-corrected chi connectivity index (χ1v) is 7.04. The predicted octanol–water partition coefficient (Wildman–Crippen LogP) is 4.81. The molecule has 3 rings (SSSR count). The summed E-state index contributed by atoms with van der Waals surface area (Å²) in [5.41, 5.74) is 4.00. The summed E-state index contributed by atoms with van der Waals surface area (Å²) in [5, 5.41) is 0. The van der Waals surface area contributed by atoms with Crippen LogP contribution in [0.1, 0.15) is 28.2 Å². The number of allylic oxidation sites excluding steroid dienone is 1. The van der Waals surface area contributed by atoms with Crippen LogP contribution < -0.4 is 15.6 Å². The van der Waals surface area contributed by atoms with Gasteiger partial charge in [0.1, 0.15) is 5.75 Å². The molecule has 3 nitrogen and oxygen atoms in total. The molecular weight excluding hydrogens is 293 g/mol. The van der Waals surface area contributed by atoms with Crippen LogP contribution in [0.2, 0.25) is 0 Å². The number of benzene rings is 2. The lowest BCUT2D eigenvalue weighted by Crippen LogP contribution is -2.00. The first-order chi connectivity index (χ1) is 10.7. The monoisotopic (exact) mass is 313 g/mol. The van der Waals surface area contributed by atoms with E-state index in [1.54, 1.807) is 19.3 Å². The van der Waals surface area contributed by atoms with Gasteiger partial charge in [0.05, 0.1) is 14.2 Å². The molecule has 0 fully saturated rings. The van der Waals surface area contributed by atoms with E-state index in [1.165, 1.54) is 13.2 Å². The maximum atomic E-state index is 14.0. The van der Waals surface area contributed by atoms with E-state index in [1.807, 2.05) is 18.2 Å². The van der Waals surface area contributed by atoms with Gasteiger partial charge in [-0.05, 0) is 41.0 Å². The van der Waals surface area contributed by atoms with E-state index in [0.29, 0.717) is 0 Å². The number of halogens is 1. The standard InChI is InChI=1S/C19H17FO2.H3N/c1-4-12-9-16-14(6-7-15(16)19(10-12)22-3)13-5-8-18(21-2)17(20)11-13;/h4-11,14H,1H2,2-3H3;1H3. The van der Waals surface area contributed by atoms with Crippen molar-refractivity contribution in [2.75, 3.05) is 14.2 Å². The lowest BCUT2D eigenvalue weighted by atomic mass is 9.91. The van der Waals surface area contributed by atoms with Gasteiger partial charge in [0.15, 0.2) is 11.6 Å². The van der Waals surface area contributed by atoms with E-state index in [9.17, 15) is 4.39 Å². The second kappa shape index (κ2) is 6.67. The Morgan fingerprint density at radius 1 is 1.09 bits per heavy atom. The van der Waals surface area contributed by atoms with E-state index < -0.39 is 0 Å². The maximum Gasteiger partial charge on any atom is 0.165 e. The molecule has 1 aliphatic carbocycles. The van der Waals surface area contributed by atoms with Gasteiger partial charge in [0.25, 0.3) is 0 Å². The highest BCUT2D eigenvalue weighted by Gasteiger charge is 2.23. The molecule has 0 radical (unpaired) electrons. The number of methoxy groups -OCH3 is 2. The summed E-state index contributed by atoms with van der Waals surface area (Å²) in [7, 11) is 3.11. The molecule has 1 aliphatic rings. The van der Waals surface area contributed by atoms with Gasteiger partial charge in [-0.15, -0.1) is 0 Å². The van der Waals surface area contributed by atoms with Crippen LogP contribution in [0.3, 0.4) is 0 Å². The molecule has 23 heavy (non-hydrogen) atoms. The molecule has 2 aromatic carbocycles. The zero-order valence-electron chi connectivity index (χ0n) is 13.3. The van der Waals surface area contributed by atoms with Gasteiger partial charge in [0.2, 0.25) is 0 Å². The number of ether oxygens (including phenoxy) is 2. The predicted molar refractivity (Wildman–Crippen MR) is 91.9 cm³/mol. The van der Waals surface area contributed by atoms with Gasteiger partial charge in [-0.1, -0.05) is 30.9 Å². The minimum Gasteiger partial charge on any atom is -0.496 e. The highest BCUT2D eigenvalue weighted by molar-refractivity contribution is 5.73. The third-order valence-electron chi connectivity index (χ3n) is 3.98. The molecule has 2 aromatic rings. The van der Waals surface area contributed by atoms with E-state index in [0.717, 1.165) is 28.0 Å². The topological polar surface area (TPSA) is 53.5 Å². The molecule has 120 valence electrons. The van der Waals surface area contributed by atoms with Gasteiger partial charge < -0.3 is 15.6 Å². The minimum atomic E-state index is -0.353. The van der Waals surface area contributed by atoms with Crippen molar-refractivity contribution in [1.29, 1.82) is 0 Å². The smallest absolute Gasteiger partial charge is 0.165 e. The van der Waals surface area contributed by atoms with Crippen molar-refractivity contribution < 1.29 is 13.9 Å². The molecule has 1 atom stereocenters. The molecule has 3 N–H and O–H groups in total. The fourth-order valence-corrected chi connectivity index (χ4v) is 2.86. The van der Waals surface area contributed by atoms with E-state index in [-0.39, 0.29) is 23.6 Å². The molecule has 0 amide bonds. The maximum absolute atomic E-state index is 14.0. The SMILES string of the molecule is C=Cc1cc(OC)c2c(c1)C(c1ccc(OC)c(F)c1)C=C2.N. The molecule has 0 heterocycles. The van der Waals surface area contributed by atoms with Crippen LogP contribution in [0, 0.1) is 5.82 Å². The van der Waals surface area contributed by atoms with Gasteiger partial charge in [-0.2, -0.15) is 0 Å². The van der Waals surface area contributed by atoms with Gasteiger partial charge in [-0.25, -0.2) is 4.39 Å². The largest absolute Gasteiger partial charge is 0.496 e. The Morgan fingerprint density at radius 2 is 1.83 bits per heavy atom. The first kappa shape index (κ1) is 16.8. The van der Waals surface area contributed by atoms with E-state index in [4.69, 9.17) is 9.47 Å². The van der Waals surface area contributed by atoms with Crippen molar-refractivity contribution in [3.63, 3.8) is 0 Å². The Bertz CT molecular complexity index is 768. The normalized spacial score (nSPS) is 14.8. The Hall–Kier alpha value is -2.59. The fourth-order valence-electron chi connectivity index (χ4n) is 2.86. The van der Waals surface area contributed by atoms with Crippen molar-refractivity contribution in [2.24, 2.45) is 0 Å². The lowest BCUT2D eigenvalue weighted by molar-refractivity contribution is 0.386. The van der Waals surface area contributed by atoms with Crippen LogP contribution in [0.15, 0.2) is 43.0 Å². The van der Waals surface area contributed by atoms with Crippen LogP contribution in [0.25, 0.3) is 12.2 Å². The van der Waals surface area contributed by atoms with E-state index >= 15 is 0 Å². The van der Waals surface area contributed by atoms with Crippen LogP contribution in [-0.2, 0) is 0 Å². The summed E-state index contributed by atoms with van der Waals surface area (Å²) < 4.78 is 24.4. The van der Waals surface area contributed by atoms with Crippen LogP contribution in [0.4, 0.5) is 4.39 Å². The molecular formula is C19H20FNO2. The molecule has 0 saturated carbocycles. The molecule has 0 aliphatic heterocycles. The van der Waals surface area contributed by atoms with Gasteiger partial charge >= 0.3 is 0 Å². The quantitative estimate of drug-likeness (QED) is 0.881. The summed E-state index contributed by atoms with van der Waals surface area (Å²) >= 11 is 0. The second-order valence-corrected chi connectivity index (χ2v) is 5.16. The third kappa shape index (κ3) is 2.85. The average Bonchev–Trinajstić information content (AvgIpc) is 2.97. The van der Waals surface area contributed by atoms with Crippen LogP contribution >= 0.6 is 0 Å². The van der Waals surface area contributed by atoms with Gasteiger partial charge in [0, 0.05) is 11.5 Å². The summed E-state index contributed by atoms with van der Waals surface area (Å²) in [6.07, 6.45) is 5.86. The lowest BCUT2D eigenvalue weighted by Gasteiger charge is -2.15. The van der Waals surface area contributed by atoms with Crippen molar-refractivity contribution in [2.45, 2.75) is 5.92 Å². The molecule has 4 heteroatoms. The summed E-state index contributed by atoms with van der Waals surface area (Å²) in [6.45, 7) is 3.81. The zero-order valence-corrected chi connectivity index (χ0v) is 13.3. The summed E-state index contributed by atoms with van der Waals surface area (Å²) in [6, 6.07) is 9.09. The van der Waals surface area contributed by atoms with Crippen LogP contribution in [-0.4, -0.2) is 14.2 Å². The van der Waals surface area contributed by atoms with Crippen molar-refractivity contribution in [1.82, 2.24) is 6.15 Å². The fraction of sp³-hybridized carbons (Fsp3) is 0.158. The number of hydrogen-bond donors (Lipinski definition) is 1. The van der Waals surface area contributed by atoms with Crippen molar-refractivity contribution in [3.05, 3.63) is 71.1 Å². The number of fused-ring (bicyclic) bond motifs is 1. The highest BCUT2D eigenvalue weighted by Crippen LogP contribution is 2.41. The van der Waals surface area contributed by atoms with Crippen molar-refractivity contribution >= 4 is 12.2 Å². The van der Waals surface area contributed by atoms with Crippen molar-refractivity contribution in [3.8, 4) is 11.5 Å². The second-order valence-electron chi connectivity index (χ2n) is 5.16. The molecule has 1 unspecified atom stereocenters. The Morgan fingerprint density at radius 3 is 2.43 bits per heavy atom. The molecule has 0 aromatic heterocycles. The first-order valence-electron chi connectivity index (χ1n) is 7.04. The highest BCUT2D eigenvalue weighted by atomic mass is 19.1. The van der Waals surface area contributed by atoms with Crippen LogP contribution in [0.5, 0.6) is 11.5 Å². The number of rotatable bonds is 4. The molecule has 0 spiro atoms. The Balaban J connectivity index is 0.00000192. The molecule has 0 saturated heterocycles. The average molecular weight is 313 g/mol. The molecule has 0 bridgehead atoms. The summed E-state index contributed by atoms with van der Waals surface area (Å²) in [5.74, 6) is 0.710. The van der Waals surface area contributed by atoms with E-state index in [2.05, 4.69) is 18.7 Å². The number of hydrogen-bond acceptors (Lipinski definition) is 3. The zero-order chi connectivity index (χ0) is 15.7. The third-order valence-corrected chi connectivity index (χ3v) is 3.98.